The average molecular weight is 225 g/mol. The van der Waals surface area contributed by atoms with E-state index in [1.165, 1.54) is 12.1 Å². The van der Waals surface area contributed by atoms with E-state index >= 15 is 0 Å². The Morgan fingerprint density at radius 1 is 1.56 bits per heavy atom. The molecule has 3 N–H and O–H groups in total. The van der Waals surface area contributed by atoms with Crippen molar-refractivity contribution in [3.8, 4) is 0 Å². The Bertz CT molecular complexity index is 381. The van der Waals surface area contributed by atoms with Gasteiger partial charge in [-0.2, -0.15) is 0 Å². The first kappa shape index (κ1) is 12.4. The molecule has 1 amide bonds. The third-order valence-corrected chi connectivity index (χ3v) is 2.24. The fourth-order valence-corrected chi connectivity index (χ4v) is 1.38. The summed E-state index contributed by atoms with van der Waals surface area (Å²) in [5.74, 6) is -0.418. The number of hydrogen-bond acceptors (Lipinski definition) is 3. The van der Waals surface area contributed by atoms with Crippen LogP contribution in [0.2, 0.25) is 0 Å². The van der Waals surface area contributed by atoms with E-state index < -0.39 is 0 Å². The number of hydrogen-bond donors (Lipinski definition) is 2. The van der Waals surface area contributed by atoms with E-state index in [2.05, 4.69) is 5.32 Å². The van der Waals surface area contributed by atoms with Gasteiger partial charge >= 0.3 is 0 Å². The Morgan fingerprint density at radius 3 is 2.81 bits per heavy atom. The maximum Gasteiger partial charge on any atom is 0.233 e. The molecular weight excluding hydrogens is 209 g/mol. The smallest absolute Gasteiger partial charge is 0.233 e. The molecule has 1 aromatic rings. The van der Waals surface area contributed by atoms with Crippen molar-refractivity contribution in [3.05, 3.63) is 29.6 Å². The average Bonchev–Trinajstić information content (AvgIpc) is 2.22. The summed E-state index contributed by atoms with van der Waals surface area (Å²) in [4.78, 5) is 12.9. The van der Waals surface area contributed by atoms with Gasteiger partial charge in [0.2, 0.25) is 5.91 Å². The highest BCUT2D eigenvalue weighted by Gasteiger charge is 2.07. The van der Waals surface area contributed by atoms with Crippen LogP contribution in [0, 0.1) is 5.82 Å². The number of halogens is 1. The van der Waals surface area contributed by atoms with Crippen molar-refractivity contribution in [2.75, 3.05) is 26.4 Å². The van der Waals surface area contributed by atoms with E-state index in [1.807, 2.05) is 4.90 Å². The first-order valence-electron chi connectivity index (χ1n) is 4.96. The van der Waals surface area contributed by atoms with Crippen molar-refractivity contribution in [2.24, 2.45) is 0 Å². The molecule has 0 heterocycles. The minimum Gasteiger partial charge on any atom is -0.398 e. The van der Waals surface area contributed by atoms with Gasteiger partial charge in [-0.05, 0) is 24.7 Å². The van der Waals surface area contributed by atoms with Gasteiger partial charge in [0.05, 0.1) is 6.54 Å². The first-order chi connectivity index (χ1) is 7.52. The summed E-state index contributed by atoms with van der Waals surface area (Å²) in [6, 6.07) is 4.27. The van der Waals surface area contributed by atoms with Gasteiger partial charge in [-0.1, -0.05) is 6.07 Å². The Balaban J connectivity index is 2.62. The molecule has 0 radical (unpaired) electrons. The van der Waals surface area contributed by atoms with E-state index in [0.717, 1.165) is 5.56 Å². The monoisotopic (exact) mass is 225 g/mol. The SMILES string of the molecule is CNC(=O)CN(C)Cc1ccc(F)cc1N. The van der Waals surface area contributed by atoms with Crippen LogP contribution in [-0.4, -0.2) is 31.4 Å². The van der Waals surface area contributed by atoms with Gasteiger partial charge in [0, 0.05) is 19.3 Å². The Morgan fingerprint density at radius 2 is 2.25 bits per heavy atom. The van der Waals surface area contributed by atoms with Crippen LogP contribution in [0.15, 0.2) is 18.2 Å². The molecule has 0 atom stereocenters. The van der Waals surface area contributed by atoms with Gasteiger partial charge in [0.15, 0.2) is 0 Å². The lowest BCUT2D eigenvalue weighted by molar-refractivity contribution is -0.121. The number of carbonyl (C=O) groups is 1. The van der Waals surface area contributed by atoms with E-state index in [9.17, 15) is 9.18 Å². The molecule has 1 aromatic carbocycles. The maximum absolute atomic E-state index is 12.8. The van der Waals surface area contributed by atoms with Crippen molar-refractivity contribution in [1.29, 1.82) is 0 Å². The number of amides is 1. The van der Waals surface area contributed by atoms with Crippen LogP contribution < -0.4 is 11.1 Å². The molecule has 1 rings (SSSR count). The summed E-state index contributed by atoms with van der Waals surface area (Å²) < 4.78 is 12.8. The van der Waals surface area contributed by atoms with Crippen LogP contribution >= 0.6 is 0 Å². The quantitative estimate of drug-likeness (QED) is 0.737. The molecule has 0 unspecified atom stereocenters. The predicted octanol–water partition coefficient (Wildman–Crippen LogP) is 0.586. The second kappa shape index (κ2) is 5.46. The number of anilines is 1. The molecule has 0 aromatic heterocycles. The Labute approximate surface area is 94.2 Å². The van der Waals surface area contributed by atoms with Crippen molar-refractivity contribution < 1.29 is 9.18 Å². The molecule has 0 aliphatic rings. The van der Waals surface area contributed by atoms with Crippen LogP contribution in [0.3, 0.4) is 0 Å². The predicted molar refractivity (Wildman–Crippen MR) is 61.2 cm³/mol. The second-order valence-electron chi connectivity index (χ2n) is 3.69. The topological polar surface area (TPSA) is 58.4 Å². The molecule has 88 valence electrons. The fraction of sp³-hybridized carbons (Fsp3) is 0.364. The van der Waals surface area contributed by atoms with Gasteiger partial charge in [-0.25, -0.2) is 4.39 Å². The zero-order valence-corrected chi connectivity index (χ0v) is 9.46. The van der Waals surface area contributed by atoms with Gasteiger partial charge in [-0.15, -0.1) is 0 Å². The van der Waals surface area contributed by atoms with Crippen LogP contribution in [0.25, 0.3) is 0 Å². The summed E-state index contributed by atoms with van der Waals surface area (Å²) in [6.45, 7) is 0.798. The van der Waals surface area contributed by atoms with E-state index in [1.54, 1.807) is 20.2 Å². The molecule has 0 aliphatic heterocycles. The summed E-state index contributed by atoms with van der Waals surface area (Å²) in [5.41, 5.74) is 6.88. The summed E-state index contributed by atoms with van der Waals surface area (Å²) >= 11 is 0. The molecule has 0 spiro atoms. The number of benzene rings is 1. The van der Waals surface area contributed by atoms with E-state index in [4.69, 9.17) is 5.73 Å². The van der Waals surface area contributed by atoms with Gasteiger partial charge in [-0.3, -0.25) is 9.69 Å². The highest BCUT2D eigenvalue weighted by Crippen LogP contribution is 2.14. The third-order valence-electron chi connectivity index (χ3n) is 2.24. The van der Waals surface area contributed by atoms with Crippen LogP contribution in [-0.2, 0) is 11.3 Å². The number of carbonyl (C=O) groups excluding carboxylic acids is 1. The molecule has 16 heavy (non-hydrogen) atoms. The molecule has 0 fully saturated rings. The van der Waals surface area contributed by atoms with Gasteiger partial charge in [0.25, 0.3) is 0 Å². The van der Waals surface area contributed by atoms with Crippen molar-refractivity contribution >= 4 is 11.6 Å². The van der Waals surface area contributed by atoms with Crippen LogP contribution in [0.1, 0.15) is 5.56 Å². The fourth-order valence-electron chi connectivity index (χ4n) is 1.38. The third kappa shape index (κ3) is 3.51. The molecule has 0 aliphatic carbocycles. The van der Waals surface area contributed by atoms with Gasteiger partial charge < -0.3 is 11.1 Å². The molecule has 0 saturated heterocycles. The van der Waals surface area contributed by atoms with Crippen molar-refractivity contribution in [3.63, 3.8) is 0 Å². The molecule has 5 heteroatoms. The van der Waals surface area contributed by atoms with Crippen molar-refractivity contribution in [1.82, 2.24) is 10.2 Å². The number of nitrogens with zero attached hydrogens (tertiary/aromatic N) is 1. The highest BCUT2D eigenvalue weighted by molar-refractivity contribution is 5.77. The number of likely N-dealkylation sites (N-methyl/N-ethyl adjacent to an activating group) is 2. The summed E-state index contributed by atoms with van der Waals surface area (Å²) in [5, 5.41) is 2.53. The number of nitrogens with two attached hydrogens (primary N) is 1. The number of nitrogen functional groups attached to an aromatic ring is 1. The summed E-state index contributed by atoms with van der Waals surface area (Å²) in [6.07, 6.45) is 0. The molecule has 0 saturated carbocycles. The van der Waals surface area contributed by atoms with Gasteiger partial charge in [0.1, 0.15) is 5.82 Å². The molecule has 4 nitrogen and oxygen atoms in total. The van der Waals surface area contributed by atoms with E-state index in [-0.39, 0.29) is 18.3 Å². The Hall–Kier alpha value is -1.62. The molecule has 0 bridgehead atoms. The van der Waals surface area contributed by atoms with Crippen molar-refractivity contribution in [2.45, 2.75) is 6.54 Å². The Kier molecular flexibility index (Phi) is 4.25. The lowest BCUT2D eigenvalue weighted by Crippen LogP contribution is -2.32. The number of rotatable bonds is 4. The second-order valence-corrected chi connectivity index (χ2v) is 3.69. The zero-order chi connectivity index (χ0) is 12.1. The lowest BCUT2D eigenvalue weighted by Gasteiger charge is -2.16. The van der Waals surface area contributed by atoms with Crippen LogP contribution in [0.4, 0.5) is 10.1 Å². The zero-order valence-electron chi connectivity index (χ0n) is 9.46. The normalized spacial score (nSPS) is 10.5. The van der Waals surface area contributed by atoms with Crippen LogP contribution in [0.5, 0.6) is 0 Å². The largest absolute Gasteiger partial charge is 0.398 e. The highest BCUT2D eigenvalue weighted by atomic mass is 19.1. The number of nitrogens with one attached hydrogen (secondary N) is 1. The summed E-state index contributed by atoms with van der Waals surface area (Å²) in [7, 11) is 3.39. The van der Waals surface area contributed by atoms with E-state index in [0.29, 0.717) is 12.2 Å². The first-order valence-corrected chi connectivity index (χ1v) is 4.96. The minimum atomic E-state index is -0.352. The maximum atomic E-state index is 12.8. The minimum absolute atomic E-state index is 0.0665. The molecular formula is C11H16FN3O. The lowest BCUT2D eigenvalue weighted by atomic mass is 10.1. The standard InChI is InChI=1S/C11H16FN3O/c1-14-11(16)7-15(2)6-8-3-4-9(12)5-10(8)13/h3-5H,6-7,13H2,1-2H3,(H,14,16).